The van der Waals surface area contributed by atoms with E-state index >= 15 is 0 Å². The Balaban J connectivity index is 1.58. The molecule has 1 amide bonds. The number of benzene rings is 1. The molecule has 138 valence electrons. The minimum absolute atomic E-state index is 0.0309. The van der Waals surface area contributed by atoms with Gasteiger partial charge in [-0.1, -0.05) is 11.6 Å². The number of hydrogen-bond donors (Lipinski definition) is 0. The number of hydrogen-bond acceptors (Lipinski definition) is 5. The fourth-order valence-electron chi connectivity index (χ4n) is 3.78. The summed E-state index contributed by atoms with van der Waals surface area (Å²) in [5.41, 5.74) is 0.519. The molecule has 1 aromatic carbocycles. The fraction of sp³-hybridized carbons (Fsp3) is 0.438. The molecule has 2 atom stereocenters. The van der Waals surface area contributed by atoms with Crippen molar-refractivity contribution in [2.24, 2.45) is 10.2 Å². The van der Waals surface area contributed by atoms with Crippen molar-refractivity contribution in [3.05, 3.63) is 40.8 Å². The van der Waals surface area contributed by atoms with Crippen molar-refractivity contribution in [3.8, 4) is 0 Å². The van der Waals surface area contributed by atoms with Crippen LogP contribution in [-0.2, 0) is 14.8 Å². The molecule has 10 heteroatoms. The molecule has 0 aromatic heterocycles. The van der Waals surface area contributed by atoms with Crippen LogP contribution in [0.2, 0.25) is 5.02 Å². The summed E-state index contributed by atoms with van der Waals surface area (Å²) < 4.78 is 40.9. The van der Waals surface area contributed by atoms with E-state index < -0.39 is 15.8 Å². The highest BCUT2D eigenvalue weighted by atomic mass is 35.5. The molecule has 3 heterocycles. The van der Waals surface area contributed by atoms with Crippen molar-refractivity contribution in [2.45, 2.75) is 29.8 Å². The predicted octanol–water partition coefficient (Wildman–Crippen LogP) is 2.19. The van der Waals surface area contributed by atoms with Gasteiger partial charge in [-0.15, -0.1) is 0 Å². The standard InChI is InChI=1S/C16H16ClFN4O3S/c17-14-5-13(3-4-15(14)18)26(24,25)22-11-1-2-12(22)9-21(8-11)16(23)10-6-19-20-7-10/h3-6,11-12H,1-2,7-9H2. The number of likely N-dealkylation sites (tertiary alicyclic amines) is 1. The van der Waals surface area contributed by atoms with Gasteiger partial charge in [0.2, 0.25) is 10.0 Å². The third-order valence-electron chi connectivity index (χ3n) is 4.98. The maximum absolute atomic E-state index is 13.4. The smallest absolute Gasteiger partial charge is 0.253 e. The lowest BCUT2D eigenvalue weighted by molar-refractivity contribution is -0.129. The second-order valence-electron chi connectivity index (χ2n) is 6.58. The predicted molar refractivity (Wildman–Crippen MR) is 91.6 cm³/mol. The molecule has 2 fully saturated rings. The second kappa shape index (κ2) is 6.40. The van der Waals surface area contributed by atoms with Crippen molar-refractivity contribution < 1.29 is 17.6 Å². The summed E-state index contributed by atoms with van der Waals surface area (Å²) in [6, 6.07) is 2.80. The Morgan fingerprint density at radius 3 is 2.50 bits per heavy atom. The quantitative estimate of drug-likeness (QED) is 0.782. The van der Waals surface area contributed by atoms with Gasteiger partial charge in [0.1, 0.15) is 5.82 Å². The second-order valence-corrected chi connectivity index (χ2v) is 8.83. The molecule has 2 unspecified atom stereocenters. The van der Waals surface area contributed by atoms with E-state index in [2.05, 4.69) is 10.2 Å². The first-order valence-electron chi connectivity index (χ1n) is 8.21. The zero-order chi connectivity index (χ0) is 18.5. The number of azo groups is 1. The molecule has 7 nitrogen and oxygen atoms in total. The van der Waals surface area contributed by atoms with Crippen LogP contribution in [0.1, 0.15) is 12.8 Å². The first kappa shape index (κ1) is 17.6. The minimum Gasteiger partial charge on any atom is -0.336 e. The Morgan fingerprint density at radius 2 is 1.92 bits per heavy atom. The molecule has 1 aromatic rings. The number of rotatable bonds is 3. The SMILES string of the molecule is O=C(C1=CN=NC1)N1CC2CCC(C1)N2S(=O)(=O)c1ccc(F)c(Cl)c1. The Labute approximate surface area is 155 Å². The molecule has 0 spiro atoms. The topological polar surface area (TPSA) is 82.4 Å². The first-order valence-corrected chi connectivity index (χ1v) is 10.0. The number of sulfonamides is 1. The summed E-state index contributed by atoms with van der Waals surface area (Å²) in [7, 11) is -3.81. The highest BCUT2D eigenvalue weighted by Gasteiger charge is 2.48. The van der Waals surface area contributed by atoms with E-state index in [0.29, 0.717) is 31.5 Å². The minimum atomic E-state index is -3.81. The van der Waals surface area contributed by atoms with Crippen LogP contribution in [0, 0.1) is 5.82 Å². The lowest BCUT2D eigenvalue weighted by Gasteiger charge is -2.40. The van der Waals surface area contributed by atoms with Crippen LogP contribution >= 0.6 is 11.6 Å². The van der Waals surface area contributed by atoms with Crippen LogP contribution < -0.4 is 0 Å². The summed E-state index contributed by atoms with van der Waals surface area (Å²) in [4.78, 5) is 14.2. The van der Waals surface area contributed by atoms with Gasteiger partial charge in [0.15, 0.2) is 0 Å². The molecular formula is C16H16ClFN4O3S. The van der Waals surface area contributed by atoms with E-state index in [-0.39, 0.29) is 34.5 Å². The molecule has 2 saturated heterocycles. The third-order valence-corrected chi connectivity index (χ3v) is 7.27. The van der Waals surface area contributed by atoms with Gasteiger partial charge < -0.3 is 4.90 Å². The molecule has 2 bridgehead atoms. The van der Waals surface area contributed by atoms with E-state index in [1.807, 2.05) is 0 Å². The molecule has 0 N–H and O–H groups in total. The van der Waals surface area contributed by atoms with E-state index in [9.17, 15) is 17.6 Å². The Morgan fingerprint density at radius 1 is 1.23 bits per heavy atom. The van der Waals surface area contributed by atoms with Crippen LogP contribution in [0.3, 0.4) is 0 Å². The van der Waals surface area contributed by atoms with E-state index in [1.165, 1.54) is 16.6 Å². The monoisotopic (exact) mass is 398 g/mol. The maximum atomic E-state index is 13.4. The zero-order valence-corrected chi connectivity index (χ0v) is 15.2. The molecular weight excluding hydrogens is 383 g/mol. The number of piperazine rings is 1. The zero-order valence-electron chi connectivity index (χ0n) is 13.7. The lowest BCUT2D eigenvalue weighted by atomic mass is 10.2. The summed E-state index contributed by atoms with van der Waals surface area (Å²) >= 11 is 5.75. The van der Waals surface area contributed by atoms with Crippen molar-refractivity contribution in [1.82, 2.24) is 9.21 Å². The van der Waals surface area contributed by atoms with Gasteiger partial charge in [-0.25, -0.2) is 12.8 Å². The Bertz CT molecular complexity index is 919. The molecule has 4 rings (SSSR count). The number of amides is 1. The Kier molecular flexibility index (Phi) is 4.32. The molecule has 26 heavy (non-hydrogen) atoms. The van der Waals surface area contributed by atoms with Crippen molar-refractivity contribution in [3.63, 3.8) is 0 Å². The highest BCUT2D eigenvalue weighted by Crippen LogP contribution is 2.36. The summed E-state index contributed by atoms with van der Waals surface area (Å²) in [5.74, 6) is -0.807. The van der Waals surface area contributed by atoms with Crippen LogP contribution in [0.5, 0.6) is 0 Å². The number of halogens is 2. The normalized spacial score (nSPS) is 25.6. The van der Waals surface area contributed by atoms with E-state index in [1.54, 1.807) is 4.90 Å². The average Bonchev–Trinajstić information content (AvgIpc) is 3.23. The van der Waals surface area contributed by atoms with Gasteiger partial charge >= 0.3 is 0 Å². The van der Waals surface area contributed by atoms with Crippen LogP contribution in [-0.4, -0.2) is 55.2 Å². The molecule has 0 radical (unpaired) electrons. The summed E-state index contributed by atoms with van der Waals surface area (Å²) in [6.45, 7) is 0.905. The Hall–Kier alpha value is -1.84. The summed E-state index contributed by atoms with van der Waals surface area (Å²) in [5, 5.41) is 7.26. The fourth-order valence-corrected chi connectivity index (χ4v) is 5.90. The molecule has 3 aliphatic heterocycles. The maximum Gasteiger partial charge on any atom is 0.253 e. The van der Waals surface area contributed by atoms with Crippen molar-refractivity contribution >= 4 is 27.5 Å². The number of fused-ring (bicyclic) bond motifs is 2. The van der Waals surface area contributed by atoms with Crippen LogP contribution in [0.25, 0.3) is 0 Å². The van der Waals surface area contributed by atoms with Gasteiger partial charge in [0.25, 0.3) is 5.91 Å². The van der Waals surface area contributed by atoms with Gasteiger partial charge in [-0.05, 0) is 31.0 Å². The molecule has 3 aliphatic rings. The van der Waals surface area contributed by atoms with Gasteiger partial charge in [-0.3, -0.25) is 4.79 Å². The van der Waals surface area contributed by atoms with Crippen molar-refractivity contribution in [2.75, 3.05) is 19.6 Å². The van der Waals surface area contributed by atoms with Gasteiger partial charge in [0.05, 0.1) is 28.2 Å². The number of carbonyl (C=O) groups is 1. The average molecular weight is 399 g/mol. The van der Waals surface area contributed by atoms with Crippen LogP contribution in [0.15, 0.2) is 45.1 Å². The third kappa shape index (κ3) is 2.83. The molecule has 0 aliphatic carbocycles. The largest absolute Gasteiger partial charge is 0.336 e. The molecule has 0 saturated carbocycles. The first-order chi connectivity index (χ1) is 12.4. The number of carbonyl (C=O) groups excluding carboxylic acids is 1. The summed E-state index contributed by atoms with van der Waals surface area (Å²) in [6.07, 6.45) is 2.81. The lowest BCUT2D eigenvalue weighted by Crippen LogP contribution is -2.57. The van der Waals surface area contributed by atoms with Gasteiger partial charge in [-0.2, -0.15) is 14.5 Å². The van der Waals surface area contributed by atoms with E-state index in [0.717, 1.165) is 12.1 Å². The van der Waals surface area contributed by atoms with E-state index in [4.69, 9.17) is 11.6 Å². The van der Waals surface area contributed by atoms with Gasteiger partial charge in [0, 0.05) is 25.2 Å². The van der Waals surface area contributed by atoms with Crippen molar-refractivity contribution in [1.29, 1.82) is 0 Å². The number of nitrogens with zero attached hydrogens (tertiary/aromatic N) is 4. The highest BCUT2D eigenvalue weighted by molar-refractivity contribution is 7.89. The van der Waals surface area contributed by atoms with Crippen LogP contribution in [0.4, 0.5) is 4.39 Å².